The Hall–Kier alpha value is -2.44. The van der Waals surface area contributed by atoms with E-state index in [1.54, 1.807) is 12.1 Å². The highest BCUT2D eigenvalue weighted by Gasteiger charge is 2.17. The topological polar surface area (TPSA) is 56.2 Å². The fourth-order valence-electron chi connectivity index (χ4n) is 2.99. The highest BCUT2D eigenvalue weighted by molar-refractivity contribution is 5.79. The van der Waals surface area contributed by atoms with Gasteiger partial charge in [-0.05, 0) is 44.4 Å². The van der Waals surface area contributed by atoms with Gasteiger partial charge in [0.15, 0.2) is 0 Å². The van der Waals surface area contributed by atoms with Crippen LogP contribution in [0.1, 0.15) is 49.3 Å². The first-order valence-corrected chi connectivity index (χ1v) is 9.04. The highest BCUT2D eigenvalue weighted by Crippen LogP contribution is 2.20. The smallest absolute Gasteiger partial charge is 0.387 e. The summed E-state index contributed by atoms with van der Waals surface area (Å²) in [4.78, 5) is 12.5. The Morgan fingerprint density at radius 3 is 2.37 bits per heavy atom. The maximum Gasteiger partial charge on any atom is 0.387 e. The number of nitrogens with one attached hydrogen (secondary N) is 1. The number of carbonyl (C=O) groups is 1. The summed E-state index contributed by atoms with van der Waals surface area (Å²) in [6.07, 6.45) is 0.257. The number of carbonyl (C=O) groups excluding carboxylic acids is 1. The second-order valence-electron chi connectivity index (χ2n) is 7.14. The largest absolute Gasteiger partial charge is 0.435 e. The Morgan fingerprint density at radius 1 is 1.19 bits per heavy atom. The van der Waals surface area contributed by atoms with Gasteiger partial charge in [0.2, 0.25) is 5.91 Å². The van der Waals surface area contributed by atoms with Gasteiger partial charge in [0.1, 0.15) is 5.75 Å². The number of rotatable bonds is 8. The number of hydrogen-bond donors (Lipinski definition) is 1. The van der Waals surface area contributed by atoms with Crippen molar-refractivity contribution in [2.45, 2.75) is 60.2 Å². The van der Waals surface area contributed by atoms with E-state index in [0.717, 1.165) is 29.1 Å². The van der Waals surface area contributed by atoms with Crippen LogP contribution in [-0.4, -0.2) is 22.3 Å². The van der Waals surface area contributed by atoms with E-state index < -0.39 is 6.61 Å². The van der Waals surface area contributed by atoms with E-state index in [1.165, 1.54) is 12.1 Å². The average molecular weight is 379 g/mol. The van der Waals surface area contributed by atoms with E-state index in [9.17, 15) is 13.6 Å². The fourth-order valence-corrected chi connectivity index (χ4v) is 2.99. The predicted molar refractivity (Wildman–Crippen MR) is 99.9 cm³/mol. The lowest BCUT2D eigenvalue weighted by molar-refractivity contribution is -0.121. The van der Waals surface area contributed by atoms with Crippen molar-refractivity contribution in [3.05, 3.63) is 46.8 Å². The number of aryl methyl sites for hydroxylation is 1. The van der Waals surface area contributed by atoms with Gasteiger partial charge in [0.05, 0.1) is 18.2 Å². The minimum absolute atomic E-state index is 0.0936. The van der Waals surface area contributed by atoms with Gasteiger partial charge in [-0.25, -0.2) is 0 Å². The maximum absolute atomic E-state index is 12.5. The molecule has 1 heterocycles. The van der Waals surface area contributed by atoms with Crippen LogP contribution in [-0.2, 0) is 17.8 Å². The zero-order valence-electron chi connectivity index (χ0n) is 16.4. The minimum atomic E-state index is -2.85. The Kier molecular flexibility index (Phi) is 6.93. The number of nitrogens with zero attached hydrogens (tertiary/aromatic N) is 2. The zero-order chi connectivity index (χ0) is 20.1. The number of ether oxygens (including phenoxy) is 1. The molecule has 0 bridgehead atoms. The Labute approximate surface area is 158 Å². The van der Waals surface area contributed by atoms with Crippen molar-refractivity contribution in [3.63, 3.8) is 0 Å². The average Bonchev–Trinajstić information content (AvgIpc) is 2.81. The van der Waals surface area contributed by atoms with Crippen molar-refractivity contribution in [2.24, 2.45) is 5.92 Å². The molecule has 0 aliphatic heterocycles. The lowest BCUT2D eigenvalue weighted by atomic mass is 10.1. The van der Waals surface area contributed by atoms with Crippen LogP contribution >= 0.6 is 0 Å². The second kappa shape index (κ2) is 8.97. The Bertz CT molecular complexity index is 770. The molecule has 2 rings (SSSR count). The number of aromatic nitrogens is 2. The van der Waals surface area contributed by atoms with Gasteiger partial charge in [-0.1, -0.05) is 26.0 Å². The van der Waals surface area contributed by atoms with Gasteiger partial charge in [0, 0.05) is 17.8 Å². The summed E-state index contributed by atoms with van der Waals surface area (Å²) < 4.78 is 30.7. The van der Waals surface area contributed by atoms with Crippen LogP contribution < -0.4 is 10.1 Å². The summed E-state index contributed by atoms with van der Waals surface area (Å²) in [5.74, 6) is 0.462. The minimum Gasteiger partial charge on any atom is -0.435 e. The van der Waals surface area contributed by atoms with Gasteiger partial charge in [0.25, 0.3) is 0 Å². The summed E-state index contributed by atoms with van der Waals surface area (Å²) in [5, 5.41) is 7.48. The third-order valence-electron chi connectivity index (χ3n) is 4.39. The Balaban J connectivity index is 2.00. The first-order chi connectivity index (χ1) is 12.7. The highest BCUT2D eigenvalue weighted by atomic mass is 19.3. The third-order valence-corrected chi connectivity index (χ3v) is 4.39. The SMILES string of the molecule is Cc1nn(CC(C)C)c(C)c1CC(=O)NC(C)c1ccc(OC(F)F)cc1. The standard InChI is InChI=1S/C20H27F2N3O2/c1-12(2)11-25-15(5)18(14(4)24-25)10-19(26)23-13(3)16-6-8-17(9-7-16)27-20(21)22/h6-9,12-13,20H,10-11H2,1-5H3,(H,23,26). The molecule has 1 aromatic carbocycles. The zero-order valence-corrected chi connectivity index (χ0v) is 16.4. The Morgan fingerprint density at radius 2 is 1.81 bits per heavy atom. The summed E-state index contributed by atoms with van der Waals surface area (Å²) in [6, 6.07) is 6.02. The summed E-state index contributed by atoms with van der Waals surface area (Å²) >= 11 is 0. The molecular formula is C20H27F2N3O2. The van der Waals surface area contributed by atoms with Crippen LogP contribution in [0, 0.1) is 19.8 Å². The molecule has 5 nitrogen and oxygen atoms in total. The van der Waals surface area contributed by atoms with Gasteiger partial charge in [-0.3, -0.25) is 9.48 Å². The van der Waals surface area contributed by atoms with Gasteiger partial charge < -0.3 is 10.1 Å². The molecule has 1 atom stereocenters. The summed E-state index contributed by atoms with van der Waals surface area (Å²) in [6.45, 7) is 7.97. The molecule has 0 fully saturated rings. The van der Waals surface area contributed by atoms with Crippen LogP contribution in [0.25, 0.3) is 0 Å². The lowest BCUT2D eigenvalue weighted by Crippen LogP contribution is -2.28. The quantitative estimate of drug-likeness (QED) is 0.749. The van der Waals surface area contributed by atoms with E-state index in [2.05, 4.69) is 29.0 Å². The predicted octanol–water partition coefficient (Wildman–Crippen LogP) is 4.18. The maximum atomic E-state index is 12.5. The van der Waals surface area contributed by atoms with E-state index in [1.807, 2.05) is 25.5 Å². The van der Waals surface area contributed by atoms with Crippen molar-refractivity contribution >= 4 is 5.91 Å². The van der Waals surface area contributed by atoms with Gasteiger partial charge >= 0.3 is 6.61 Å². The summed E-state index contributed by atoms with van der Waals surface area (Å²) in [7, 11) is 0. The lowest BCUT2D eigenvalue weighted by Gasteiger charge is -2.15. The molecule has 0 saturated carbocycles. The number of alkyl halides is 2. The molecule has 0 spiro atoms. The van der Waals surface area contributed by atoms with Gasteiger partial charge in [-0.2, -0.15) is 13.9 Å². The van der Waals surface area contributed by atoms with Crippen LogP contribution in [0.4, 0.5) is 8.78 Å². The fraction of sp³-hybridized carbons (Fsp3) is 0.500. The number of hydrogen-bond acceptors (Lipinski definition) is 3. The first-order valence-electron chi connectivity index (χ1n) is 9.04. The van der Waals surface area contributed by atoms with Crippen LogP contribution in [0.3, 0.4) is 0 Å². The number of amides is 1. The molecule has 27 heavy (non-hydrogen) atoms. The first kappa shape index (κ1) is 20.9. The third kappa shape index (κ3) is 5.77. The molecule has 0 radical (unpaired) electrons. The van der Waals surface area contributed by atoms with Crippen LogP contribution in [0.5, 0.6) is 5.75 Å². The van der Waals surface area contributed by atoms with Crippen molar-refractivity contribution < 1.29 is 18.3 Å². The van der Waals surface area contributed by atoms with E-state index in [-0.39, 0.29) is 24.1 Å². The second-order valence-corrected chi connectivity index (χ2v) is 7.14. The molecule has 1 aromatic heterocycles. The van der Waals surface area contributed by atoms with E-state index >= 15 is 0 Å². The van der Waals surface area contributed by atoms with Crippen LogP contribution in [0.15, 0.2) is 24.3 Å². The summed E-state index contributed by atoms with van der Waals surface area (Å²) in [5.41, 5.74) is 3.64. The van der Waals surface area contributed by atoms with Crippen molar-refractivity contribution in [3.8, 4) is 5.75 Å². The molecule has 1 amide bonds. The molecule has 1 unspecified atom stereocenters. The van der Waals surface area contributed by atoms with Crippen LogP contribution in [0.2, 0.25) is 0 Å². The molecule has 0 aliphatic carbocycles. The molecule has 2 aromatic rings. The van der Waals surface area contributed by atoms with Crippen molar-refractivity contribution in [1.82, 2.24) is 15.1 Å². The molecule has 0 aliphatic rings. The monoisotopic (exact) mass is 379 g/mol. The molecular weight excluding hydrogens is 352 g/mol. The van der Waals surface area contributed by atoms with E-state index in [0.29, 0.717) is 5.92 Å². The van der Waals surface area contributed by atoms with Crippen molar-refractivity contribution in [2.75, 3.05) is 0 Å². The molecule has 0 saturated heterocycles. The number of benzene rings is 1. The van der Waals surface area contributed by atoms with Gasteiger partial charge in [-0.15, -0.1) is 0 Å². The van der Waals surface area contributed by atoms with E-state index in [4.69, 9.17) is 0 Å². The molecule has 1 N–H and O–H groups in total. The molecule has 148 valence electrons. The van der Waals surface area contributed by atoms with Crippen molar-refractivity contribution in [1.29, 1.82) is 0 Å². The number of halogens is 2. The molecule has 7 heteroatoms. The normalized spacial score (nSPS) is 12.5.